The quantitative estimate of drug-likeness (QED) is 0.690. The molecule has 1 N–H and O–H groups in total. The lowest BCUT2D eigenvalue weighted by atomic mass is 10.1. The molecule has 2 rings (SSSR count). The summed E-state index contributed by atoms with van der Waals surface area (Å²) < 4.78 is 5.70. The van der Waals surface area contributed by atoms with E-state index >= 15 is 0 Å². The molecule has 0 heterocycles. The summed E-state index contributed by atoms with van der Waals surface area (Å²) >= 11 is 6.09. The Bertz CT molecular complexity index is 713. The van der Waals surface area contributed by atoms with E-state index in [1.807, 2.05) is 44.2 Å². The van der Waals surface area contributed by atoms with Gasteiger partial charge in [-0.1, -0.05) is 36.2 Å². The first-order chi connectivity index (χ1) is 11.5. The molecule has 0 spiro atoms. The van der Waals surface area contributed by atoms with Crippen LogP contribution in [0.5, 0.6) is 5.75 Å². The standard InChI is InChI=1S/C20H24ClNO2/c1-4-16-13-17(8-9-18(16)21)24-11-5-6-20(23)22-19-10-7-14(2)12-15(19)3/h7-10,12-13H,4-6,11H2,1-3H3,(H,22,23). The Morgan fingerprint density at radius 2 is 1.96 bits per heavy atom. The Morgan fingerprint density at radius 3 is 2.67 bits per heavy atom. The van der Waals surface area contributed by atoms with Gasteiger partial charge in [-0.2, -0.15) is 0 Å². The number of amides is 1. The predicted octanol–water partition coefficient (Wildman–Crippen LogP) is 5.32. The molecule has 2 aromatic rings. The lowest BCUT2D eigenvalue weighted by Gasteiger charge is -2.10. The molecule has 0 aliphatic heterocycles. The molecule has 0 radical (unpaired) electrons. The van der Waals surface area contributed by atoms with E-state index in [-0.39, 0.29) is 5.91 Å². The highest BCUT2D eigenvalue weighted by atomic mass is 35.5. The number of hydrogen-bond acceptors (Lipinski definition) is 2. The Hall–Kier alpha value is -2.00. The van der Waals surface area contributed by atoms with Gasteiger partial charge in [0.25, 0.3) is 0 Å². The lowest BCUT2D eigenvalue weighted by Crippen LogP contribution is -2.13. The molecule has 1 amide bonds. The highest BCUT2D eigenvalue weighted by Gasteiger charge is 2.06. The minimum Gasteiger partial charge on any atom is -0.494 e. The van der Waals surface area contributed by atoms with E-state index in [1.165, 1.54) is 5.56 Å². The summed E-state index contributed by atoms with van der Waals surface area (Å²) in [6.07, 6.45) is 1.97. The first-order valence-electron chi connectivity index (χ1n) is 8.28. The molecule has 0 unspecified atom stereocenters. The molecule has 2 aromatic carbocycles. The Kier molecular flexibility index (Phi) is 6.68. The van der Waals surface area contributed by atoms with Crippen LogP contribution < -0.4 is 10.1 Å². The fourth-order valence-corrected chi connectivity index (χ4v) is 2.75. The summed E-state index contributed by atoms with van der Waals surface area (Å²) in [5, 5.41) is 3.71. The van der Waals surface area contributed by atoms with Crippen LogP contribution in [0.3, 0.4) is 0 Å². The molecule has 0 atom stereocenters. The minimum atomic E-state index is 0.0101. The molecule has 0 aliphatic rings. The van der Waals surface area contributed by atoms with Crippen LogP contribution >= 0.6 is 11.6 Å². The van der Waals surface area contributed by atoms with Crippen LogP contribution in [0.15, 0.2) is 36.4 Å². The average Bonchev–Trinajstić information content (AvgIpc) is 2.55. The highest BCUT2D eigenvalue weighted by molar-refractivity contribution is 6.31. The van der Waals surface area contributed by atoms with Gasteiger partial charge < -0.3 is 10.1 Å². The van der Waals surface area contributed by atoms with Crippen molar-refractivity contribution in [1.29, 1.82) is 0 Å². The number of halogens is 1. The second-order valence-corrected chi connectivity index (χ2v) is 6.33. The van der Waals surface area contributed by atoms with Gasteiger partial charge >= 0.3 is 0 Å². The van der Waals surface area contributed by atoms with Crippen molar-refractivity contribution >= 4 is 23.2 Å². The van der Waals surface area contributed by atoms with Gasteiger partial charge in [0.15, 0.2) is 0 Å². The minimum absolute atomic E-state index is 0.0101. The molecule has 0 aliphatic carbocycles. The molecule has 24 heavy (non-hydrogen) atoms. The van der Waals surface area contributed by atoms with E-state index in [4.69, 9.17) is 16.3 Å². The van der Waals surface area contributed by atoms with Gasteiger partial charge in [0.2, 0.25) is 5.91 Å². The number of benzene rings is 2. The summed E-state index contributed by atoms with van der Waals surface area (Å²) in [4.78, 5) is 12.0. The summed E-state index contributed by atoms with van der Waals surface area (Å²) in [6.45, 7) is 6.60. The number of aryl methyl sites for hydroxylation is 3. The van der Waals surface area contributed by atoms with Crippen molar-refractivity contribution in [2.24, 2.45) is 0 Å². The summed E-state index contributed by atoms with van der Waals surface area (Å²) in [5.74, 6) is 0.807. The monoisotopic (exact) mass is 345 g/mol. The molecule has 0 fully saturated rings. The molecular weight excluding hydrogens is 322 g/mol. The van der Waals surface area contributed by atoms with Crippen molar-refractivity contribution in [3.8, 4) is 5.75 Å². The van der Waals surface area contributed by atoms with Crippen LogP contribution in [0.1, 0.15) is 36.5 Å². The first-order valence-corrected chi connectivity index (χ1v) is 8.65. The van der Waals surface area contributed by atoms with Crippen LogP contribution in [0.4, 0.5) is 5.69 Å². The van der Waals surface area contributed by atoms with E-state index in [1.54, 1.807) is 0 Å². The van der Waals surface area contributed by atoms with Crippen LogP contribution in [0.25, 0.3) is 0 Å². The van der Waals surface area contributed by atoms with E-state index in [0.717, 1.165) is 34.0 Å². The van der Waals surface area contributed by atoms with Gasteiger partial charge in [-0.05, 0) is 62.1 Å². The number of carbonyl (C=O) groups excluding carboxylic acids is 1. The maximum absolute atomic E-state index is 12.0. The largest absolute Gasteiger partial charge is 0.494 e. The van der Waals surface area contributed by atoms with Gasteiger partial charge in [-0.15, -0.1) is 0 Å². The van der Waals surface area contributed by atoms with Crippen molar-refractivity contribution in [3.05, 3.63) is 58.1 Å². The zero-order chi connectivity index (χ0) is 17.5. The smallest absolute Gasteiger partial charge is 0.224 e. The molecule has 0 bridgehead atoms. The second kappa shape index (κ2) is 8.74. The van der Waals surface area contributed by atoms with Crippen LogP contribution in [0.2, 0.25) is 5.02 Å². The van der Waals surface area contributed by atoms with Crippen molar-refractivity contribution < 1.29 is 9.53 Å². The zero-order valence-corrected chi connectivity index (χ0v) is 15.2. The number of ether oxygens (including phenoxy) is 1. The summed E-state index contributed by atoms with van der Waals surface area (Å²) in [6, 6.07) is 11.7. The van der Waals surface area contributed by atoms with Gasteiger partial charge in [-0.3, -0.25) is 4.79 Å². The fourth-order valence-electron chi connectivity index (χ4n) is 2.50. The van der Waals surface area contributed by atoms with Gasteiger partial charge in [0.1, 0.15) is 5.75 Å². The molecule has 0 saturated heterocycles. The molecule has 0 aromatic heterocycles. The maximum atomic E-state index is 12.0. The van der Waals surface area contributed by atoms with E-state index in [2.05, 4.69) is 18.3 Å². The number of hydrogen-bond donors (Lipinski definition) is 1. The normalized spacial score (nSPS) is 10.5. The Morgan fingerprint density at radius 1 is 1.17 bits per heavy atom. The maximum Gasteiger partial charge on any atom is 0.224 e. The van der Waals surface area contributed by atoms with Crippen LogP contribution in [-0.4, -0.2) is 12.5 Å². The van der Waals surface area contributed by atoms with Crippen LogP contribution in [0, 0.1) is 13.8 Å². The third-order valence-corrected chi connectivity index (χ3v) is 4.24. The van der Waals surface area contributed by atoms with Gasteiger partial charge in [-0.25, -0.2) is 0 Å². The number of rotatable bonds is 7. The van der Waals surface area contributed by atoms with E-state index in [0.29, 0.717) is 19.4 Å². The fraction of sp³-hybridized carbons (Fsp3) is 0.350. The Balaban J connectivity index is 1.76. The number of carbonyl (C=O) groups is 1. The second-order valence-electron chi connectivity index (χ2n) is 5.93. The third kappa shape index (κ3) is 5.27. The third-order valence-electron chi connectivity index (χ3n) is 3.87. The zero-order valence-electron chi connectivity index (χ0n) is 14.5. The van der Waals surface area contributed by atoms with Crippen molar-refractivity contribution in [1.82, 2.24) is 0 Å². The summed E-state index contributed by atoms with van der Waals surface area (Å²) in [5.41, 5.74) is 4.21. The highest BCUT2D eigenvalue weighted by Crippen LogP contribution is 2.22. The molecule has 0 saturated carbocycles. The predicted molar refractivity (Wildman–Crippen MR) is 100 cm³/mol. The van der Waals surface area contributed by atoms with Crippen molar-refractivity contribution in [2.45, 2.75) is 40.0 Å². The van der Waals surface area contributed by atoms with Crippen LogP contribution in [-0.2, 0) is 11.2 Å². The van der Waals surface area contributed by atoms with Crippen molar-refractivity contribution in [2.75, 3.05) is 11.9 Å². The van der Waals surface area contributed by atoms with E-state index < -0.39 is 0 Å². The molecule has 3 nitrogen and oxygen atoms in total. The average molecular weight is 346 g/mol. The first kappa shape index (κ1) is 18.3. The van der Waals surface area contributed by atoms with Gasteiger partial charge in [0, 0.05) is 17.1 Å². The SMILES string of the molecule is CCc1cc(OCCCC(=O)Nc2ccc(C)cc2C)ccc1Cl. The molecule has 4 heteroatoms. The molecular formula is C20H24ClNO2. The van der Waals surface area contributed by atoms with Crippen molar-refractivity contribution in [3.63, 3.8) is 0 Å². The number of anilines is 1. The number of nitrogens with one attached hydrogen (secondary N) is 1. The Labute approximate surface area is 149 Å². The summed E-state index contributed by atoms with van der Waals surface area (Å²) in [7, 11) is 0. The topological polar surface area (TPSA) is 38.3 Å². The van der Waals surface area contributed by atoms with E-state index in [9.17, 15) is 4.79 Å². The lowest BCUT2D eigenvalue weighted by molar-refractivity contribution is -0.116. The molecule has 128 valence electrons. The van der Waals surface area contributed by atoms with Gasteiger partial charge in [0.05, 0.1) is 6.61 Å².